The van der Waals surface area contributed by atoms with Crippen molar-refractivity contribution in [1.29, 1.82) is 0 Å². The van der Waals surface area contributed by atoms with Gasteiger partial charge in [0.1, 0.15) is 5.75 Å². The number of hydrogen-bond donors (Lipinski definition) is 2. The van der Waals surface area contributed by atoms with Crippen LogP contribution in [0.3, 0.4) is 0 Å². The maximum absolute atomic E-state index is 11.3. The summed E-state index contributed by atoms with van der Waals surface area (Å²) in [4.78, 5) is 11.3. The van der Waals surface area contributed by atoms with Crippen LogP contribution < -0.4 is 25.3 Å². The van der Waals surface area contributed by atoms with E-state index < -0.39 is 0 Å². The summed E-state index contributed by atoms with van der Waals surface area (Å²) < 4.78 is 16.2. The van der Waals surface area contributed by atoms with Crippen LogP contribution in [0, 0.1) is 0 Å². The van der Waals surface area contributed by atoms with Gasteiger partial charge in [0.25, 0.3) is 5.91 Å². The zero-order chi connectivity index (χ0) is 14.5. The van der Waals surface area contributed by atoms with Gasteiger partial charge in [0.15, 0.2) is 18.1 Å². The van der Waals surface area contributed by atoms with Gasteiger partial charge in [0.05, 0.1) is 0 Å². The summed E-state index contributed by atoms with van der Waals surface area (Å²) >= 11 is 0. The molecule has 0 aromatic heterocycles. The zero-order valence-electron chi connectivity index (χ0n) is 11.8. The van der Waals surface area contributed by atoms with Crippen LogP contribution in [0.2, 0.25) is 0 Å². The topological polar surface area (TPSA) is 82.8 Å². The highest BCUT2D eigenvalue weighted by Crippen LogP contribution is 2.38. The summed E-state index contributed by atoms with van der Waals surface area (Å²) in [5.41, 5.74) is 6.92. The van der Waals surface area contributed by atoms with E-state index in [1.807, 2.05) is 13.0 Å². The number of carbonyl (C=O) groups excluding carboxylic acids is 1. The van der Waals surface area contributed by atoms with Crippen LogP contribution in [0.1, 0.15) is 18.9 Å². The Morgan fingerprint density at radius 1 is 1.45 bits per heavy atom. The molecule has 20 heavy (non-hydrogen) atoms. The fourth-order valence-electron chi connectivity index (χ4n) is 1.90. The molecule has 0 spiro atoms. The molecule has 1 aromatic rings. The number of rotatable bonds is 6. The van der Waals surface area contributed by atoms with Crippen molar-refractivity contribution in [2.24, 2.45) is 5.73 Å². The number of carbonyl (C=O) groups is 1. The van der Waals surface area contributed by atoms with Crippen molar-refractivity contribution in [1.82, 2.24) is 5.32 Å². The molecule has 1 atom stereocenters. The Bertz CT molecular complexity index is 490. The molecular formula is C14H20N2O4. The van der Waals surface area contributed by atoms with Gasteiger partial charge < -0.3 is 25.3 Å². The van der Waals surface area contributed by atoms with Gasteiger partial charge >= 0.3 is 0 Å². The molecule has 1 amide bonds. The first-order valence-corrected chi connectivity index (χ1v) is 6.65. The molecule has 1 heterocycles. The van der Waals surface area contributed by atoms with Gasteiger partial charge in [-0.2, -0.15) is 0 Å². The van der Waals surface area contributed by atoms with Crippen LogP contribution in [0.5, 0.6) is 17.2 Å². The molecule has 0 bridgehead atoms. The predicted octanol–water partition coefficient (Wildman–Crippen LogP) is 0.820. The van der Waals surface area contributed by atoms with Crippen LogP contribution in [0.4, 0.5) is 0 Å². The molecule has 0 fully saturated rings. The number of nitrogens with one attached hydrogen (secondary N) is 1. The highest BCUT2D eigenvalue weighted by atomic mass is 16.7. The maximum atomic E-state index is 11.3. The van der Waals surface area contributed by atoms with E-state index in [9.17, 15) is 4.79 Å². The fraction of sp³-hybridized carbons (Fsp3) is 0.500. The monoisotopic (exact) mass is 280 g/mol. The minimum absolute atomic E-state index is 0.0372. The van der Waals surface area contributed by atoms with Crippen molar-refractivity contribution in [3.8, 4) is 17.2 Å². The summed E-state index contributed by atoms with van der Waals surface area (Å²) in [5, 5.41) is 2.51. The smallest absolute Gasteiger partial charge is 0.257 e. The Labute approximate surface area is 118 Å². The van der Waals surface area contributed by atoms with Gasteiger partial charge in [0.2, 0.25) is 6.79 Å². The molecule has 1 aliphatic heterocycles. The number of amides is 1. The van der Waals surface area contributed by atoms with Gasteiger partial charge in [0, 0.05) is 19.2 Å². The molecule has 6 nitrogen and oxygen atoms in total. The first-order chi connectivity index (χ1) is 9.63. The largest absolute Gasteiger partial charge is 0.483 e. The summed E-state index contributed by atoms with van der Waals surface area (Å²) in [6, 6.07) is 3.66. The number of benzene rings is 1. The molecule has 0 aliphatic carbocycles. The number of likely N-dealkylation sites (N-methyl/N-ethyl adjacent to an activating group) is 1. The average molecular weight is 280 g/mol. The van der Waals surface area contributed by atoms with Crippen LogP contribution in [-0.4, -0.2) is 32.4 Å². The van der Waals surface area contributed by atoms with Crippen LogP contribution in [-0.2, 0) is 11.2 Å². The molecule has 2 rings (SSSR count). The van der Waals surface area contributed by atoms with Crippen molar-refractivity contribution >= 4 is 5.91 Å². The third-order valence-electron chi connectivity index (χ3n) is 3.20. The Balaban J connectivity index is 2.20. The van der Waals surface area contributed by atoms with Gasteiger partial charge in [-0.3, -0.25) is 4.79 Å². The molecule has 3 N–H and O–H groups in total. The van der Waals surface area contributed by atoms with Gasteiger partial charge in [-0.05, 0) is 24.5 Å². The molecule has 110 valence electrons. The van der Waals surface area contributed by atoms with E-state index in [-0.39, 0.29) is 25.3 Å². The number of nitrogens with two attached hydrogens (primary N) is 1. The summed E-state index contributed by atoms with van der Waals surface area (Å²) in [5.74, 6) is 1.75. The van der Waals surface area contributed by atoms with Gasteiger partial charge in [-0.15, -0.1) is 0 Å². The van der Waals surface area contributed by atoms with E-state index in [0.29, 0.717) is 23.7 Å². The molecule has 0 saturated carbocycles. The first-order valence-electron chi connectivity index (χ1n) is 6.65. The first kappa shape index (κ1) is 14.5. The molecule has 1 unspecified atom stereocenters. The lowest BCUT2D eigenvalue weighted by molar-refractivity contribution is -0.122. The van der Waals surface area contributed by atoms with Gasteiger partial charge in [-0.1, -0.05) is 6.92 Å². The number of fused-ring (bicyclic) bond motifs is 1. The van der Waals surface area contributed by atoms with E-state index >= 15 is 0 Å². The number of ether oxygens (including phenoxy) is 3. The Morgan fingerprint density at radius 3 is 2.80 bits per heavy atom. The number of hydrogen-bond acceptors (Lipinski definition) is 5. The van der Waals surface area contributed by atoms with Crippen molar-refractivity contribution in [3.05, 3.63) is 17.7 Å². The SMILES string of the molecule is CCC(N)Cc1cc2c(cc1OCC(=O)NC)OCO2. The summed E-state index contributed by atoms with van der Waals surface area (Å²) in [7, 11) is 1.57. The fourth-order valence-corrected chi connectivity index (χ4v) is 1.90. The Hall–Kier alpha value is -1.95. The second-order valence-corrected chi connectivity index (χ2v) is 4.65. The second kappa shape index (κ2) is 6.47. The van der Waals surface area contributed by atoms with Crippen molar-refractivity contribution in [3.63, 3.8) is 0 Å². The van der Waals surface area contributed by atoms with E-state index in [4.69, 9.17) is 19.9 Å². The van der Waals surface area contributed by atoms with Crippen molar-refractivity contribution in [2.75, 3.05) is 20.4 Å². The average Bonchev–Trinajstić information content (AvgIpc) is 2.91. The lowest BCUT2D eigenvalue weighted by Crippen LogP contribution is -2.26. The third-order valence-corrected chi connectivity index (χ3v) is 3.20. The lowest BCUT2D eigenvalue weighted by Gasteiger charge is -2.15. The minimum Gasteiger partial charge on any atom is -0.483 e. The third kappa shape index (κ3) is 3.33. The van der Waals surface area contributed by atoms with Crippen LogP contribution in [0.15, 0.2) is 12.1 Å². The van der Waals surface area contributed by atoms with E-state index in [2.05, 4.69) is 5.32 Å². The maximum Gasteiger partial charge on any atom is 0.257 e. The summed E-state index contributed by atoms with van der Waals surface area (Å²) in [6.45, 7) is 2.20. The Kier molecular flexibility index (Phi) is 4.68. The van der Waals surface area contributed by atoms with Gasteiger partial charge in [-0.25, -0.2) is 0 Å². The quantitative estimate of drug-likeness (QED) is 0.806. The molecular weight excluding hydrogens is 260 g/mol. The predicted molar refractivity (Wildman–Crippen MR) is 74.1 cm³/mol. The highest BCUT2D eigenvalue weighted by Gasteiger charge is 2.19. The zero-order valence-corrected chi connectivity index (χ0v) is 11.8. The standard InChI is InChI=1S/C14H20N2O4/c1-3-10(15)4-9-5-12-13(20-8-19-12)6-11(9)18-7-14(17)16-2/h5-6,10H,3-4,7-8,15H2,1-2H3,(H,16,17). The van der Waals surface area contributed by atoms with Crippen molar-refractivity contribution < 1.29 is 19.0 Å². The molecule has 0 saturated heterocycles. The minimum atomic E-state index is -0.187. The molecule has 0 radical (unpaired) electrons. The molecule has 6 heteroatoms. The highest BCUT2D eigenvalue weighted by molar-refractivity contribution is 5.77. The van der Waals surface area contributed by atoms with Crippen LogP contribution in [0.25, 0.3) is 0 Å². The van der Waals surface area contributed by atoms with E-state index in [0.717, 1.165) is 12.0 Å². The van der Waals surface area contributed by atoms with E-state index in [1.165, 1.54) is 0 Å². The lowest BCUT2D eigenvalue weighted by atomic mass is 10.0. The molecule has 1 aromatic carbocycles. The van der Waals surface area contributed by atoms with Crippen molar-refractivity contribution in [2.45, 2.75) is 25.8 Å². The van der Waals surface area contributed by atoms with Crippen LogP contribution >= 0.6 is 0 Å². The second-order valence-electron chi connectivity index (χ2n) is 4.65. The normalized spacial score (nSPS) is 13.9. The molecule has 1 aliphatic rings. The summed E-state index contributed by atoms with van der Waals surface area (Å²) in [6.07, 6.45) is 1.53. The Morgan fingerprint density at radius 2 is 2.15 bits per heavy atom. The van der Waals surface area contributed by atoms with E-state index in [1.54, 1.807) is 13.1 Å².